The number of cyclic esters (lactones) is 1. The molecule has 0 N–H and O–H groups in total. The van der Waals surface area contributed by atoms with Gasteiger partial charge >= 0.3 is 11.7 Å². The molecule has 4 rings (SSSR count). The first-order valence-electron chi connectivity index (χ1n) is 9.05. The number of nitrogens with zero attached hydrogens (tertiary/aromatic N) is 4. The summed E-state index contributed by atoms with van der Waals surface area (Å²) in [5.41, 5.74) is 1.89. The van der Waals surface area contributed by atoms with Crippen LogP contribution in [0.1, 0.15) is 16.8 Å². The average Bonchev–Trinajstić information content (AvgIpc) is 3.28. The summed E-state index contributed by atoms with van der Waals surface area (Å²) in [5, 5.41) is 16.0. The molecule has 0 unspecified atom stereocenters. The Bertz CT molecular complexity index is 1260. The molecule has 1 aliphatic heterocycles. The number of aliphatic imine (C=N–C) groups is 1. The van der Waals surface area contributed by atoms with Crippen LogP contribution in [0.2, 0.25) is 5.15 Å². The fourth-order valence-corrected chi connectivity index (χ4v) is 3.38. The zero-order valence-electron chi connectivity index (χ0n) is 16.4. The normalized spacial score (nSPS) is 14.5. The van der Waals surface area contributed by atoms with Gasteiger partial charge in [-0.15, -0.1) is 0 Å². The second-order valence-corrected chi connectivity index (χ2v) is 6.88. The minimum atomic E-state index is -0.698. The summed E-state index contributed by atoms with van der Waals surface area (Å²) in [4.78, 5) is 27.2. The number of benzene rings is 2. The summed E-state index contributed by atoms with van der Waals surface area (Å²) in [5.74, 6) is -0.659. The Kier molecular flexibility index (Phi) is 5.26. The van der Waals surface area contributed by atoms with Gasteiger partial charge in [0, 0.05) is 17.2 Å². The van der Waals surface area contributed by atoms with Crippen LogP contribution in [0.4, 0.5) is 5.69 Å². The lowest BCUT2D eigenvalue weighted by atomic mass is 10.2. The van der Waals surface area contributed by atoms with Gasteiger partial charge in [-0.3, -0.25) is 10.1 Å². The lowest BCUT2D eigenvalue weighted by Gasteiger charge is -2.03. The number of halogens is 1. The fourth-order valence-electron chi connectivity index (χ4n) is 3.05. The molecule has 0 saturated heterocycles. The summed E-state index contributed by atoms with van der Waals surface area (Å²) in [7, 11) is 1.33. The molecule has 0 saturated carbocycles. The lowest BCUT2D eigenvalue weighted by molar-refractivity contribution is -0.385. The Morgan fingerprint density at radius 3 is 2.65 bits per heavy atom. The van der Waals surface area contributed by atoms with Crippen LogP contribution in [0.15, 0.2) is 59.2 Å². The predicted molar refractivity (Wildman–Crippen MR) is 114 cm³/mol. The van der Waals surface area contributed by atoms with Crippen molar-refractivity contribution < 1.29 is 19.2 Å². The summed E-state index contributed by atoms with van der Waals surface area (Å²) in [6, 6.07) is 13.5. The molecule has 0 amide bonds. The van der Waals surface area contributed by atoms with E-state index < -0.39 is 10.9 Å². The molecule has 9 nitrogen and oxygen atoms in total. The molecule has 0 bridgehead atoms. The first kappa shape index (κ1) is 20.3. The monoisotopic (exact) mass is 438 g/mol. The van der Waals surface area contributed by atoms with Crippen LogP contribution in [0.5, 0.6) is 5.75 Å². The number of rotatable bonds is 5. The molecule has 0 fully saturated rings. The number of esters is 1. The van der Waals surface area contributed by atoms with Gasteiger partial charge in [-0.05, 0) is 37.3 Å². The van der Waals surface area contributed by atoms with Gasteiger partial charge < -0.3 is 9.47 Å². The first-order valence-corrected chi connectivity index (χ1v) is 9.42. The number of hydrogen-bond donors (Lipinski definition) is 0. The van der Waals surface area contributed by atoms with E-state index in [2.05, 4.69) is 10.1 Å². The smallest absolute Gasteiger partial charge is 0.363 e. The molecule has 1 aliphatic rings. The van der Waals surface area contributed by atoms with Crippen molar-refractivity contribution in [3.8, 4) is 11.4 Å². The van der Waals surface area contributed by atoms with Crippen molar-refractivity contribution in [3.63, 3.8) is 0 Å². The molecule has 1 aromatic heterocycles. The number of carbonyl (C=O) groups is 1. The molecule has 0 radical (unpaired) electrons. The van der Waals surface area contributed by atoms with Crippen LogP contribution >= 0.6 is 11.6 Å². The fraction of sp³-hybridized carbons (Fsp3) is 0.0952. The molecule has 0 aliphatic carbocycles. The molecular weight excluding hydrogens is 424 g/mol. The Morgan fingerprint density at radius 2 is 1.97 bits per heavy atom. The van der Waals surface area contributed by atoms with E-state index in [0.29, 0.717) is 16.4 Å². The van der Waals surface area contributed by atoms with Crippen molar-refractivity contribution in [2.75, 3.05) is 7.11 Å². The summed E-state index contributed by atoms with van der Waals surface area (Å²) >= 11 is 6.50. The van der Waals surface area contributed by atoms with E-state index in [1.807, 2.05) is 30.3 Å². The number of carbonyl (C=O) groups excluding carboxylic acids is 1. The number of methoxy groups -OCH3 is 1. The predicted octanol–water partition coefficient (Wildman–Crippen LogP) is 4.10. The van der Waals surface area contributed by atoms with E-state index in [4.69, 9.17) is 21.1 Å². The maximum atomic E-state index is 12.4. The molecule has 156 valence electrons. The largest absolute Gasteiger partial charge is 0.490 e. The Hall–Kier alpha value is -3.98. The second kappa shape index (κ2) is 8.04. The van der Waals surface area contributed by atoms with Crippen LogP contribution in [-0.4, -0.2) is 33.7 Å². The van der Waals surface area contributed by atoms with Crippen molar-refractivity contribution in [1.29, 1.82) is 0 Å². The van der Waals surface area contributed by atoms with Crippen molar-refractivity contribution in [1.82, 2.24) is 9.78 Å². The zero-order valence-corrected chi connectivity index (χ0v) is 17.2. The minimum absolute atomic E-state index is 0.00563. The van der Waals surface area contributed by atoms with Crippen LogP contribution < -0.4 is 4.74 Å². The number of ether oxygens (including phenoxy) is 2. The maximum Gasteiger partial charge on any atom is 0.363 e. The molecule has 0 spiro atoms. The molecule has 2 heterocycles. The lowest BCUT2D eigenvalue weighted by Crippen LogP contribution is -2.06. The molecule has 2 aromatic carbocycles. The van der Waals surface area contributed by atoms with Crippen LogP contribution in [0.3, 0.4) is 0 Å². The summed E-state index contributed by atoms with van der Waals surface area (Å²) < 4.78 is 11.8. The number of hydrogen-bond acceptors (Lipinski definition) is 7. The van der Waals surface area contributed by atoms with Crippen molar-refractivity contribution in [2.45, 2.75) is 6.92 Å². The first-order chi connectivity index (χ1) is 14.9. The number of para-hydroxylation sites is 1. The van der Waals surface area contributed by atoms with E-state index >= 15 is 0 Å². The molecule has 0 atom stereocenters. The van der Waals surface area contributed by atoms with Crippen LogP contribution in [-0.2, 0) is 9.53 Å². The molecule has 3 aromatic rings. The Labute approximate surface area is 181 Å². The second-order valence-electron chi connectivity index (χ2n) is 6.52. The van der Waals surface area contributed by atoms with Gasteiger partial charge in [0.15, 0.2) is 11.4 Å². The van der Waals surface area contributed by atoms with Crippen LogP contribution in [0, 0.1) is 17.0 Å². The highest BCUT2D eigenvalue weighted by atomic mass is 35.5. The highest BCUT2D eigenvalue weighted by Gasteiger charge is 2.27. The molecule has 10 heteroatoms. The topological polar surface area (TPSA) is 109 Å². The van der Waals surface area contributed by atoms with Crippen molar-refractivity contribution in [3.05, 3.63) is 86.3 Å². The number of nitro benzene ring substituents is 1. The highest BCUT2D eigenvalue weighted by Crippen LogP contribution is 2.31. The molecule has 31 heavy (non-hydrogen) atoms. The van der Waals surface area contributed by atoms with Gasteiger partial charge in [-0.2, -0.15) is 5.10 Å². The minimum Gasteiger partial charge on any atom is -0.490 e. The standard InChI is InChI=1S/C21H15ClN4O5/c1-12-15(19(22)25(24-12)14-6-4-3-5-7-14)11-16-21(27)31-20(23-16)13-8-9-18(30-2)17(10-13)26(28)29/h3-11H,1-2H3/b16-11+. The van der Waals surface area contributed by atoms with Gasteiger partial charge in [0.05, 0.1) is 23.4 Å². The third-order valence-electron chi connectivity index (χ3n) is 4.57. The van der Waals surface area contributed by atoms with Gasteiger partial charge in [0.25, 0.3) is 0 Å². The summed E-state index contributed by atoms with van der Waals surface area (Å²) in [6.07, 6.45) is 1.48. The van der Waals surface area contributed by atoms with E-state index in [0.717, 1.165) is 5.69 Å². The molecular formula is C21H15ClN4O5. The maximum absolute atomic E-state index is 12.4. The third-order valence-corrected chi connectivity index (χ3v) is 4.94. The van der Waals surface area contributed by atoms with E-state index in [1.54, 1.807) is 11.6 Å². The Morgan fingerprint density at radius 1 is 1.23 bits per heavy atom. The Balaban J connectivity index is 1.72. The van der Waals surface area contributed by atoms with Crippen molar-refractivity contribution >= 4 is 35.2 Å². The summed E-state index contributed by atoms with van der Waals surface area (Å²) in [6.45, 7) is 1.76. The van der Waals surface area contributed by atoms with E-state index in [9.17, 15) is 14.9 Å². The van der Waals surface area contributed by atoms with E-state index in [1.165, 1.54) is 31.4 Å². The third kappa shape index (κ3) is 3.78. The highest BCUT2D eigenvalue weighted by molar-refractivity contribution is 6.31. The number of aryl methyl sites for hydroxylation is 1. The van der Waals surface area contributed by atoms with Gasteiger partial charge in [0.2, 0.25) is 5.90 Å². The number of aromatic nitrogens is 2. The quantitative estimate of drug-likeness (QED) is 0.257. The van der Waals surface area contributed by atoms with Gasteiger partial charge in [-0.1, -0.05) is 29.8 Å². The zero-order chi connectivity index (χ0) is 22.1. The SMILES string of the molecule is COc1ccc(C2=N/C(=C/c3c(C)nn(-c4ccccc4)c3Cl)C(=O)O2)cc1[N+](=O)[O-]. The average molecular weight is 439 g/mol. The van der Waals surface area contributed by atoms with Gasteiger partial charge in [0.1, 0.15) is 5.15 Å². The van der Waals surface area contributed by atoms with E-state index in [-0.39, 0.29) is 28.6 Å². The van der Waals surface area contributed by atoms with Crippen molar-refractivity contribution in [2.24, 2.45) is 4.99 Å². The van der Waals surface area contributed by atoms with Gasteiger partial charge in [-0.25, -0.2) is 14.5 Å². The van der Waals surface area contributed by atoms with Crippen LogP contribution in [0.25, 0.3) is 11.8 Å². The number of nitro groups is 1.